The van der Waals surface area contributed by atoms with E-state index in [-0.39, 0.29) is 6.04 Å². The molecule has 9 nitrogen and oxygen atoms in total. The lowest BCUT2D eigenvalue weighted by Gasteiger charge is -2.31. The van der Waals surface area contributed by atoms with Crippen LogP contribution in [0, 0.1) is 6.92 Å². The summed E-state index contributed by atoms with van der Waals surface area (Å²) < 4.78 is 7.91. The number of hydrogen-bond donors (Lipinski definition) is 2. The number of rotatable bonds is 7. The van der Waals surface area contributed by atoms with Crippen molar-refractivity contribution in [1.29, 1.82) is 0 Å². The topological polar surface area (TPSA) is 97.4 Å². The van der Waals surface area contributed by atoms with Crippen LogP contribution >= 0.6 is 11.6 Å². The molecule has 2 atom stereocenters. The van der Waals surface area contributed by atoms with Gasteiger partial charge in [0.2, 0.25) is 0 Å². The average Bonchev–Trinajstić information content (AvgIpc) is 3.35. The van der Waals surface area contributed by atoms with Gasteiger partial charge in [0, 0.05) is 46.2 Å². The molecular formula is C23H31ClN8O. The second-order valence-corrected chi connectivity index (χ2v) is 9.30. The van der Waals surface area contributed by atoms with Crippen LogP contribution in [0.5, 0.6) is 5.75 Å². The molecule has 1 aliphatic heterocycles. The van der Waals surface area contributed by atoms with Crippen LogP contribution in [0.25, 0.3) is 11.1 Å². The number of benzene rings is 1. The number of methoxy groups -OCH3 is 1. The molecule has 0 saturated heterocycles. The van der Waals surface area contributed by atoms with Crippen LogP contribution in [0.15, 0.2) is 31.0 Å². The first-order chi connectivity index (χ1) is 15.6. The van der Waals surface area contributed by atoms with Gasteiger partial charge < -0.3 is 15.4 Å². The summed E-state index contributed by atoms with van der Waals surface area (Å²) in [5.74, 6) is 1.49. The summed E-state index contributed by atoms with van der Waals surface area (Å²) in [5.41, 5.74) is 13.6. The minimum atomic E-state index is -0.789. The normalized spacial score (nSPS) is 18.6. The second-order valence-electron chi connectivity index (χ2n) is 8.90. The number of aromatic nitrogens is 4. The molecule has 2 unspecified atom stereocenters. The maximum absolute atomic E-state index is 6.74. The predicted molar refractivity (Wildman–Crippen MR) is 130 cm³/mol. The van der Waals surface area contributed by atoms with Crippen LogP contribution in [-0.4, -0.2) is 52.4 Å². The molecule has 0 radical (unpaired) electrons. The molecule has 0 saturated carbocycles. The van der Waals surface area contributed by atoms with E-state index < -0.39 is 5.66 Å². The smallest absolute Gasteiger partial charge is 0.153 e. The lowest BCUT2D eigenvalue weighted by Crippen LogP contribution is -2.50. The molecule has 1 aromatic carbocycles. The summed E-state index contributed by atoms with van der Waals surface area (Å²) in [6.07, 6.45) is 7.16. The van der Waals surface area contributed by atoms with Gasteiger partial charge in [-0.3, -0.25) is 9.69 Å². The van der Waals surface area contributed by atoms with Crippen molar-refractivity contribution in [2.24, 2.45) is 5.73 Å². The third kappa shape index (κ3) is 4.29. The third-order valence-corrected chi connectivity index (χ3v) is 6.47. The van der Waals surface area contributed by atoms with Crippen LogP contribution in [0.3, 0.4) is 0 Å². The Labute approximate surface area is 199 Å². The number of fused-ring (bicyclic) bond motifs is 1. The lowest BCUT2D eigenvalue weighted by atomic mass is 9.95. The Balaban J connectivity index is 1.77. The first-order valence-corrected chi connectivity index (χ1v) is 11.2. The lowest BCUT2D eigenvalue weighted by molar-refractivity contribution is 0.370. The molecule has 3 heterocycles. The molecule has 33 heavy (non-hydrogen) atoms. The summed E-state index contributed by atoms with van der Waals surface area (Å²) in [6.45, 7) is 7.65. The fraction of sp³-hybridized carbons (Fsp3) is 0.435. The van der Waals surface area contributed by atoms with E-state index in [1.165, 1.54) is 6.33 Å². The van der Waals surface area contributed by atoms with Crippen molar-refractivity contribution in [3.05, 3.63) is 52.7 Å². The Kier molecular flexibility index (Phi) is 6.32. The van der Waals surface area contributed by atoms with Crippen LogP contribution in [0.4, 0.5) is 5.82 Å². The van der Waals surface area contributed by atoms with Crippen molar-refractivity contribution >= 4 is 17.4 Å². The fourth-order valence-corrected chi connectivity index (χ4v) is 4.42. The molecular weight excluding hydrogens is 440 g/mol. The van der Waals surface area contributed by atoms with E-state index in [0.717, 1.165) is 52.5 Å². The van der Waals surface area contributed by atoms with Crippen LogP contribution in [0.1, 0.15) is 36.6 Å². The number of hydrogen-bond acceptors (Lipinski definition) is 8. The van der Waals surface area contributed by atoms with Gasteiger partial charge in [-0.25, -0.2) is 15.4 Å². The third-order valence-electron chi connectivity index (χ3n) is 6.08. The van der Waals surface area contributed by atoms with Crippen molar-refractivity contribution in [2.75, 3.05) is 32.8 Å². The molecule has 0 aliphatic carbocycles. The van der Waals surface area contributed by atoms with E-state index in [4.69, 9.17) is 22.1 Å². The standard InChI is InChI=1S/C23H31ClN8O/c1-14-19(24)9-17(15(2)32-22-18(11-26-13-27-22)23(3,25)29-32)21(33-6)20(14)16-10-28-31(12-16)8-7-30(4)5/h9-13,15,29H,7-8,25H2,1-6H3. The van der Waals surface area contributed by atoms with Crippen molar-refractivity contribution in [3.8, 4) is 16.9 Å². The minimum Gasteiger partial charge on any atom is -0.496 e. The fourth-order valence-electron chi connectivity index (χ4n) is 4.20. The molecule has 3 aromatic rings. The molecule has 3 N–H and O–H groups in total. The SMILES string of the molecule is COc1c(C(C)N2NC(C)(N)c3cncnc32)cc(Cl)c(C)c1-c1cnn(CCN(C)C)c1. The maximum atomic E-state index is 6.74. The minimum absolute atomic E-state index is 0.181. The summed E-state index contributed by atoms with van der Waals surface area (Å²) in [5, 5.41) is 7.15. The highest BCUT2D eigenvalue weighted by Gasteiger charge is 2.40. The Bertz CT molecular complexity index is 1160. The van der Waals surface area contributed by atoms with Gasteiger partial charge in [-0.05, 0) is 46.5 Å². The summed E-state index contributed by atoms with van der Waals surface area (Å²) >= 11 is 6.74. The number of nitrogens with one attached hydrogen (secondary N) is 1. The largest absolute Gasteiger partial charge is 0.496 e. The molecule has 0 fully saturated rings. The van der Waals surface area contributed by atoms with Crippen molar-refractivity contribution < 1.29 is 4.74 Å². The highest BCUT2D eigenvalue weighted by atomic mass is 35.5. The molecule has 4 rings (SSSR count). The van der Waals surface area contributed by atoms with Crippen LogP contribution in [0.2, 0.25) is 5.02 Å². The van der Waals surface area contributed by atoms with Crippen molar-refractivity contribution in [3.63, 3.8) is 0 Å². The van der Waals surface area contributed by atoms with E-state index in [0.29, 0.717) is 5.02 Å². The van der Waals surface area contributed by atoms with Gasteiger partial charge in [0.15, 0.2) is 5.82 Å². The average molecular weight is 471 g/mol. The predicted octanol–water partition coefficient (Wildman–Crippen LogP) is 3.09. The van der Waals surface area contributed by atoms with E-state index in [1.807, 2.05) is 56.1 Å². The second kappa shape index (κ2) is 8.90. The molecule has 0 spiro atoms. The van der Waals surface area contributed by atoms with Crippen LogP contribution < -0.4 is 20.9 Å². The number of nitrogens with zero attached hydrogens (tertiary/aromatic N) is 6. The Morgan fingerprint density at radius 2 is 2.09 bits per heavy atom. The Morgan fingerprint density at radius 1 is 1.33 bits per heavy atom. The van der Waals surface area contributed by atoms with Gasteiger partial charge in [-0.2, -0.15) is 5.10 Å². The zero-order valence-corrected chi connectivity index (χ0v) is 20.7. The molecule has 10 heteroatoms. The first-order valence-electron chi connectivity index (χ1n) is 10.8. The van der Waals surface area contributed by atoms with Crippen LogP contribution in [-0.2, 0) is 12.2 Å². The van der Waals surface area contributed by atoms with Gasteiger partial charge in [0.25, 0.3) is 0 Å². The highest BCUT2D eigenvalue weighted by Crippen LogP contribution is 2.45. The van der Waals surface area contributed by atoms with Crippen molar-refractivity contribution in [1.82, 2.24) is 30.1 Å². The molecule has 2 aromatic heterocycles. The Morgan fingerprint density at radius 3 is 2.79 bits per heavy atom. The van der Waals surface area contributed by atoms with E-state index in [2.05, 4.69) is 32.3 Å². The summed E-state index contributed by atoms with van der Waals surface area (Å²) in [7, 11) is 5.77. The first kappa shape index (κ1) is 23.4. The zero-order chi connectivity index (χ0) is 23.9. The van der Waals surface area contributed by atoms with Gasteiger partial charge in [0.05, 0.1) is 25.9 Å². The maximum Gasteiger partial charge on any atom is 0.153 e. The number of anilines is 1. The number of nitrogens with two attached hydrogens (primary N) is 1. The molecule has 0 bridgehead atoms. The Hall–Kier alpha value is -2.72. The van der Waals surface area contributed by atoms with Gasteiger partial charge in [-0.1, -0.05) is 11.6 Å². The van der Waals surface area contributed by atoms with Gasteiger partial charge in [0.1, 0.15) is 17.7 Å². The van der Waals surface area contributed by atoms with E-state index in [1.54, 1.807) is 13.3 Å². The molecule has 176 valence electrons. The quantitative estimate of drug-likeness (QED) is 0.543. The van der Waals surface area contributed by atoms with Gasteiger partial charge in [-0.15, -0.1) is 0 Å². The monoisotopic (exact) mass is 470 g/mol. The number of ether oxygens (including phenoxy) is 1. The number of hydrazine groups is 1. The summed E-state index contributed by atoms with van der Waals surface area (Å²) in [4.78, 5) is 10.7. The number of halogens is 1. The highest BCUT2D eigenvalue weighted by molar-refractivity contribution is 6.32. The van der Waals surface area contributed by atoms with E-state index in [9.17, 15) is 0 Å². The zero-order valence-electron chi connectivity index (χ0n) is 19.9. The summed E-state index contributed by atoms with van der Waals surface area (Å²) in [6, 6.07) is 1.77. The van der Waals surface area contributed by atoms with E-state index >= 15 is 0 Å². The molecule has 0 amide bonds. The van der Waals surface area contributed by atoms with Gasteiger partial charge >= 0.3 is 0 Å². The number of likely N-dealkylation sites (N-methyl/N-ethyl adjacent to an activating group) is 1. The van der Waals surface area contributed by atoms with Crippen molar-refractivity contribution in [2.45, 2.75) is 39.0 Å². The molecule has 1 aliphatic rings.